The SMILES string of the molecule is C=CCn1c([N+](=O)[O-])cnc1CO. The molecule has 70 valence electrons. The minimum absolute atomic E-state index is 0.135. The second-order valence-electron chi connectivity index (χ2n) is 2.35. The third-order valence-electron chi connectivity index (χ3n) is 1.56. The molecule has 13 heavy (non-hydrogen) atoms. The Morgan fingerprint density at radius 2 is 2.54 bits per heavy atom. The summed E-state index contributed by atoms with van der Waals surface area (Å²) in [5.74, 6) is 0.135. The van der Waals surface area contributed by atoms with Gasteiger partial charge in [-0.05, 0) is 4.92 Å². The lowest BCUT2D eigenvalue weighted by atomic mass is 10.5. The molecule has 0 saturated carbocycles. The number of nitro groups is 1. The minimum Gasteiger partial charge on any atom is -0.386 e. The highest BCUT2D eigenvalue weighted by Gasteiger charge is 2.17. The molecule has 0 amide bonds. The highest BCUT2D eigenvalue weighted by atomic mass is 16.6. The Balaban J connectivity index is 3.12. The summed E-state index contributed by atoms with van der Waals surface area (Å²) in [5, 5.41) is 19.3. The Morgan fingerprint density at radius 3 is 3.00 bits per heavy atom. The van der Waals surface area contributed by atoms with Crippen molar-refractivity contribution in [3.8, 4) is 0 Å². The maximum absolute atomic E-state index is 10.5. The van der Waals surface area contributed by atoms with Gasteiger partial charge in [0, 0.05) is 0 Å². The van der Waals surface area contributed by atoms with Crippen molar-refractivity contribution in [2.75, 3.05) is 0 Å². The summed E-state index contributed by atoms with van der Waals surface area (Å²) in [7, 11) is 0. The number of imidazole rings is 1. The fourth-order valence-electron chi connectivity index (χ4n) is 1.00. The number of hydrogen-bond donors (Lipinski definition) is 1. The average molecular weight is 183 g/mol. The molecule has 0 aromatic carbocycles. The van der Waals surface area contributed by atoms with Crippen LogP contribution in [0.15, 0.2) is 18.9 Å². The third kappa shape index (κ3) is 1.73. The van der Waals surface area contributed by atoms with Crippen LogP contribution in [0.2, 0.25) is 0 Å². The molecule has 0 aliphatic rings. The molecule has 0 fully saturated rings. The molecule has 1 aromatic heterocycles. The first kappa shape index (κ1) is 9.40. The van der Waals surface area contributed by atoms with Crippen molar-refractivity contribution >= 4 is 5.82 Å². The summed E-state index contributed by atoms with van der Waals surface area (Å²) in [4.78, 5) is 13.6. The fraction of sp³-hybridized carbons (Fsp3) is 0.286. The van der Waals surface area contributed by atoms with Crippen molar-refractivity contribution in [3.05, 3.63) is 34.8 Å². The maximum atomic E-state index is 10.5. The smallest absolute Gasteiger partial charge is 0.343 e. The van der Waals surface area contributed by atoms with E-state index in [2.05, 4.69) is 11.6 Å². The van der Waals surface area contributed by atoms with Crippen LogP contribution in [0.4, 0.5) is 5.82 Å². The lowest BCUT2D eigenvalue weighted by molar-refractivity contribution is -0.392. The van der Waals surface area contributed by atoms with Gasteiger partial charge in [0.15, 0.2) is 0 Å². The number of allylic oxidation sites excluding steroid dienone is 1. The van der Waals surface area contributed by atoms with E-state index in [0.29, 0.717) is 0 Å². The van der Waals surface area contributed by atoms with E-state index in [1.54, 1.807) is 0 Å². The molecule has 0 spiro atoms. The van der Waals surface area contributed by atoms with Crippen molar-refractivity contribution in [2.24, 2.45) is 0 Å². The summed E-state index contributed by atoms with van der Waals surface area (Å²) in [6.07, 6.45) is 2.63. The number of hydrogen-bond acceptors (Lipinski definition) is 4. The minimum atomic E-state index is -0.546. The largest absolute Gasteiger partial charge is 0.386 e. The van der Waals surface area contributed by atoms with E-state index >= 15 is 0 Å². The number of aliphatic hydroxyl groups is 1. The van der Waals surface area contributed by atoms with Gasteiger partial charge >= 0.3 is 5.82 Å². The van der Waals surface area contributed by atoms with Crippen molar-refractivity contribution in [2.45, 2.75) is 13.2 Å². The molecule has 0 saturated heterocycles. The second-order valence-corrected chi connectivity index (χ2v) is 2.35. The van der Waals surface area contributed by atoms with E-state index in [1.165, 1.54) is 10.6 Å². The van der Waals surface area contributed by atoms with Crippen LogP contribution in [0.5, 0.6) is 0 Å². The molecule has 0 aliphatic heterocycles. The summed E-state index contributed by atoms with van der Waals surface area (Å²) in [6.45, 7) is 3.41. The normalized spacial score (nSPS) is 9.92. The predicted molar refractivity (Wildman–Crippen MR) is 45.0 cm³/mol. The van der Waals surface area contributed by atoms with E-state index in [9.17, 15) is 10.1 Å². The number of aromatic nitrogens is 2. The average Bonchev–Trinajstić information content (AvgIpc) is 2.48. The predicted octanol–water partition coefficient (Wildman–Crippen LogP) is 0.470. The lowest BCUT2D eigenvalue weighted by Crippen LogP contribution is -2.05. The van der Waals surface area contributed by atoms with Crippen LogP contribution in [-0.4, -0.2) is 19.6 Å². The first-order chi connectivity index (χ1) is 6.20. The monoisotopic (exact) mass is 183 g/mol. The molecular formula is C7H9N3O3. The molecule has 1 heterocycles. The van der Waals surface area contributed by atoms with Crippen LogP contribution in [0.1, 0.15) is 5.82 Å². The van der Waals surface area contributed by atoms with Crippen molar-refractivity contribution in [1.29, 1.82) is 0 Å². The zero-order valence-corrected chi connectivity index (χ0v) is 6.88. The summed E-state index contributed by atoms with van der Waals surface area (Å²) < 4.78 is 1.30. The topological polar surface area (TPSA) is 81.2 Å². The summed E-state index contributed by atoms with van der Waals surface area (Å²) in [5.41, 5.74) is 0. The molecule has 0 aliphatic carbocycles. The maximum Gasteiger partial charge on any atom is 0.343 e. The van der Waals surface area contributed by atoms with Gasteiger partial charge in [0.1, 0.15) is 19.3 Å². The van der Waals surface area contributed by atoms with Gasteiger partial charge in [0.05, 0.1) is 0 Å². The Labute approximate surface area is 74.3 Å². The first-order valence-corrected chi connectivity index (χ1v) is 3.61. The van der Waals surface area contributed by atoms with Gasteiger partial charge in [-0.15, -0.1) is 0 Å². The van der Waals surface area contributed by atoms with Gasteiger partial charge in [0.25, 0.3) is 0 Å². The second kappa shape index (κ2) is 3.81. The quantitative estimate of drug-likeness (QED) is 0.418. The van der Waals surface area contributed by atoms with Gasteiger partial charge < -0.3 is 15.2 Å². The van der Waals surface area contributed by atoms with Crippen LogP contribution >= 0.6 is 0 Å². The fourth-order valence-corrected chi connectivity index (χ4v) is 1.00. The van der Waals surface area contributed by atoms with Crippen LogP contribution < -0.4 is 0 Å². The molecule has 1 N–H and O–H groups in total. The summed E-state index contributed by atoms with van der Waals surface area (Å²) in [6, 6.07) is 0. The van der Waals surface area contributed by atoms with Gasteiger partial charge in [-0.1, -0.05) is 12.7 Å². The van der Waals surface area contributed by atoms with Crippen molar-refractivity contribution in [1.82, 2.24) is 9.55 Å². The van der Waals surface area contributed by atoms with E-state index < -0.39 is 4.92 Å². The number of aliphatic hydroxyl groups excluding tert-OH is 1. The van der Waals surface area contributed by atoms with Crippen LogP contribution in [0.3, 0.4) is 0 Å². The third-order valence-corrected chi connectivity index (χ3v) is 1.56. The highest BCUT2D eigenvalue weighted by molar-refractivity contribution is 5.19. The molecule has 6 heteroatoms. The van der Waals surface area contributed by atoms with Gasteiger partial charge in [0.2, 0.25) is 5.82 Å². The molecule has 6 nitrogen and oxygen atoms in total. The molecule has 0 bridgehead atoms. The zero-order chi connectivity index (χ0) is 9.84. The molecule has 0 atom stereocenters. The van der Waals surface area contributed by atoms with E-state index in [1.807, 2.05) is 0 Å². The summed E-state index contributed by atoms with van der Waals surface area (Å²) >= 11 is 0. The van der Waals surface area contributed by atoms with E-state index in [4.69, 9.17) is 5.11 Å². The van der Waals surface area contributed by atoms with Gasteiger partial charge in [-0.3, -0.25) is 0 Å². The van der Waals surface area contributed by atoms with Crippen LogP contribution in [0, 0.1) is 10.1 Å². The molecule has 1 aromatic rings. The first-order valence-electron chi connectivity index (χ1n) is 3.61. The van der Waals surface area contributed by atoms with E-state index in [0.717, 1.165) is 6.20 Å². The Kier molecular flexibility index (Phi) is 2.76. The zero-order valence-electron chi connectivity index (χ0n) is 6.88. The van der Waals surface area contributed by atoms with Gasteiger partial charge in [-0.2, -0.15) is 0 Å². The Hall–Kier alpha value is -1.69. The molecule has 0 radical (unpaired) electrons. The molecule has 0 unspecified atom stereocenters. The Morgan fingerprint density at radius 1 is 1.85 bits per heavy atom. The van der Waals surface area contributed by atoms with Crippen LogP contribution in [0.25, 0.3) is 0 Å². The molecular weight excluding hydrogens is 174 g/mol. The Bertz CT molecular complexity index is 332. The van der Waals surface area contributed by atoms with Crippen LogP contribution in [-0.2, 0) is 13.2 Å². The highest BCUT2D eigenvalue weighted by Crippen LogP contribution is 2.13. The van der Waals surface area contributed by atoms with Gasteiger partial charge in [-0.25, -0.2) is 9.55 Å². The standard InChI is InChI=1S/C7H9N3O3/c1-2-3-9-6(5-11)8-4-7(9)10(12)13/h2,4,11H,1,3,5H2. The van der Waals surface area contributed by atoms with Crippen molar-refractivity contribution in [3.63, 3.8) is 0 Å². The molecule has 1 rings (SSSR count). The lowest BCUT2D eigenvalue weighted by Gasteiger charge is -1.98. The number of nitrogens with zero attached hydrogens (tertiary/aromatic N) is 3. The van der Waals surface area contributed by atoms with E-state index in [-0.39, 0.29) is 24.8 Å². The number of rotatable bonds is 4. The van der Waals surface area contributed by atoms with Crippen molar-refractivity contribution < 1.29 is 10.0 Å².